The minimum Gasteiger partial charge on any atom is -0.477 e. The van der Waals surface area contributed by atoms with Gasteiger partial charge in [-0.3, -0.25) is 10.1 Å². The first kappa shape index (κ1) is 20.1. The Labute approximate surface area is 136 Å². The maximum Gasteiger partial charge on any atom is 0.342 e. The number of aromatic carboxylic acids is 1. The van der Waals surface area contributed by atoms with E-state index in [-0.39, 0.29) is 23.7 Å². The van der Waals surface area contributed by atoms with Gasteiger partial charge in [-0.15, -0.1) is 12.4 Å². The van der Waals surface area contributed by atoms with Crippen molar-refractivity contribution in [1.82, 2.24) is 4.90 Å². The smallest absolute Gasteiger partial charge is 0.342 e. The minimum absolute atomic E-state index is 0. The van der Waals surface area contributed by atoms with Crippen LogP contribution >= 0.6 is 12.4 Å². The third-order valence-electron chi connectivity index (χ3n) is 3.52. The summed E-state index contributed by atoms with van der Waals surface area (Å²) in [7, 11) is 3.84. The van der Waals surface area contributed by atoms with E-state index >= 15 is 0 Å². The predicted molar refractivity (Wildman–Crippen MR) is 88.3 cm³/mol. The van der Waals surface area contributed by atoms with Crippen LogP contribution in [0.5, 0.6) is 0 Å². The third kappa shape index (κ3) is 5.16. The highest BCUT2D eigenvalue weighted by molar-refractivity contribution is 5.93. The molecule has 0 heterocycles. The van der Waals surface area contributed by atoms with Gasteiger partial charge < -0.3 is 14.9 Å². The number of hydrogen-bond donors (Lipinski definition) is 1. The number of nitro groups is 1. The molecule has 1 rings (SSSR count). The van der Waals surface area contributed by atoms with Crippen LogP contribution in [0.2, 0.25) is 0 Å². The first-order chi connectivity index (χ1) is 9.73. The average molecular weight is 332 g/mol. The van der Waals surface area contributed by atoms with Crippen LogP contribution in [0.4, 0.5) is 11.4 Å². The van der Waals surface area contributed by atoms with E-state index in [1.807, 2.05) is 19.0 Å². The van der Waals surface area contributed by atoms with Crippen LogP contribution in [0.3, 0.4) is 0 Å². The standard InChI is InChI=1S/C14H21N3O4.ClH/c1-10(2)15(3)7-8-16(4)11-5-6-12(14(18)19)13(9-11)17(20)21;/h5-6,9-10H,7-8H2,1-4H3,(H,18,19);1H. The lowest BCUT2D eigenvalue weighted by atomic mass is 10.1. The first-order valence-electron chi connectivity index (χ1n) is 6.67. The van der Waals surface area contributed by atoms with Gasteiger partial charge in [0.25, 0.3) is 5.69 Å². The van der Waals surface area contributed by atoms with Crippen LogP contribution in [-0.2, 0) is 0 Å². The van der Waals surface area contributed by atoms with Gasteiger partial charge in [-0.05, 0) is 33.0 Å². The Morgan fingerprint density at radius 3 is 2.36 bits per heavy atom. The number of carboxylic acids is 1. The molecule has 0 aliphatic rings. The second-order valence-electron chi connectivity index (χ2n) is 5.26. The van der Waals surface area contributed by atoms with Gasteiger partial charge >= 0.3 is 5.97 Å². The number of nitrogens with zero attached hydrogens (tertiary/aromatic N) is 3. The number of halogens is 1. The fourth-order valence-electron chi connectivity index (χ4n) is 1.78. The van der Waals surface area contributed by atoms with Gasteiger partial charge in [-0.25, -0.2) is 4.79 Å². The molecule has 0 fully saturated rings. The van der Waals surface area contributed by atoms with E-state index in [9.17, 15) is 14.9 Å². The van der Waals surface area contributed by atoms with E-state index in [1.165, 1.54) is 12.1 Å². The van der Waals surface area contributed by atoms with Crippen LogP contribution in [0.25, 0.3) is 0 Å². The van der Waals surface area contributed by atoms with E-state index in [2.05, 4.69) is 18.7 Å². The maximum absolute atomic E-state index is 11.0. The number of carboxylic acid groups (broad SMARTS) is 1. The second kappa shape index (κ2) is 8.55. The van der Waals surface area contributed by atoms with Crippen LogP contribution < -0.4 is 4.90 Å². The van der Waals surface area contributed by atoms with Crippen LogP contribution in [-0.4, -0.2) is 54.1 Å². The Kier molecular flexibility index (Phi) is 7.83. The zero-order valence-electron chi connectivity index (χ0n) is 13.1. The Morgan fingerprint density at radius 2 is 1.91 bits per heavy atom. The highest BCUT2D eigenvalue weighted by Crippen LogP contribution is 2.25. The van der Waals surface area contributed by atoms with Crippen LogP contribution in [0.1, 0.15) is 24.2 Å². The summed E-state index contributed by atoms with van der Waals surface area (Å²) in [6, 6.07) is 4.59. The molecule has 0 aliphatic carbocycles. The number of anilines is 1. The topological polar surface area (TPSA) is 86.9 Å². The molecule has 0 amide bonds. The zero-order valence-corrected chi connectivity index (χ0v) is 14.0. The molecule has 1 aromatic rings. The molecule has 8 heteroatoms. The molecule has 0 bridgehead atoms. The van der Waals surface area contributed by atoms with Crippen molar-refractivity contribution in [3.8, 4) is 0 Å². The summed E-state index contributed by atoms with van der Waals surface area (Å²) >= 11 is 0. The van der Waals surface area contributed by atoms with E-state index in [4.69, 9.17) is 5.11 Å². The van der Waals surface area contributed by atoms with Crippen molar-refractivity contribution < 1.29 is 14.8 Å². The number of benzene rings is 1. The van der Waals surface area contributed by atoms with E-state index in [1.54, 1.807) is 6.07 Å². The highest BCUT2D eigenvalue weighted by Gasteiger charge is 2.21. The lowest BCUT2D eigenvalue weighted by molar-refractivity contribution is -0.385. The number of likely N-dealkylation sites (N-methyl/N-ethyl adjacent to an activating group) is 2. The van der Waals surface area contributed by atoms with Crippen molar-refractivity contribution in [2.75, 3.05) is 32.1 Å². The van der Waals surface area contributed by atoms with Gasteiger partial charge in [-0.1, -0.05) is 0 Å². The molecule has 1 N–H and O–H groups in total. The summed E-state index contributed by atoms with van der Waals surface area (Å²) in [6.45, 7) is 5.68. The molecule has 0 saturated carbocycles. The fraction of sp³-hybridized carbons (Fsp3) is 0.500. The monoisotopic (exact) mass is 331 g/mol. The molecule has 0 radical (unpaired) electrons. The number of carbonyl (C=O) groups is 1. The lowest BCUT2D eigenvalue weighted by Gasteiger charge is -2.26. The molecule has 0 saturated heterocycles. The molecule has 124 valence electrons. The summed E-state index contributed by atoms with van der Waals surface area (Å²) < 4.78 is 0. The first-order valence-corrected chi connectivity index (χ1v) is 6.67. The summed E-state index contributed by atoms with van der Waals surface area (Å²) in [5, 5.41) is 19.9. The van der Waals surface area contributed by atoms with Crippen LogP contribution in [0.15, 0.2) is 18.2 Å². The van der Waals surface area contributed by atoms with Gasteiger partial charge in [0.05, 0.1) is 4.92 Å². The van der Waals surface area contributed by atoms with E-state index in [0.29, 0.717) is 18.3 Å². The van der Waals surface area contributed by atoms with Crippen molar-refractivity contribution in [2.45, 2.75) is 19.9 Å². The molecule has 0 aromatic heterocycles. The van der Waals surface area contributed by atoms with Gasteiger partial charge in [0.2, 0.25) is 0 Å². The number of rotatable bonds is 7. The van der Waals surface area contributed by atoms with Crippen molar-refractivity contribution >= 4 is 29.8 Å². The molecule has 0 aliphatic heterocycles. The molecule has 22 heavy (non-hydrogen) atoms. The average Bonchev–Trinajstić information content (AvgIpc) is 2.43. The zero-order chi connectivity index (χ0) is 16.2. The SMILES string of the molecule is CC(C)N(C)CCN(C)c1ccc(C(=O)O)c([N+](=O)[O-])c1.Cl. The Balaban J connectivity index is 0.00000441. The lowest BCUT2D eigenvalue weighted by Crippen LogP contribution is -2.34. The highest BCUT2D eigenvalue weighted by atomic mass is 35.5. The van der Waals surface area contributed by atoms with Crippen molar-refractivity contribution in [1.29, 1.82) is 0 Å². The van der Waals surface area contributed by atoms with Crippen molar-refractivity contribution in [3.63, 3.8) is 0 Å². The van der Waals surface area contributed by atoms with Crippen molar-refractivity contribution in [2.24, 2.45) is 0 Å². The number of hydrogen-bond acceptors (Lipinski definition) is 5. The quantitative estimate of drug-likeness (QED) is 0.610. The Hall–Kier alpha value is -1.86. The Morgan fingerprint density at radius 1 is 1.32 bits per heavy atom. The summed E-state index contributed by atoms with van der Waals surface area (Å²) in [4.78, 5) is 25.3. The molecule has 7 nitrogen and oxygen atoms in total. The summed E-state index contributed by atoms with van der Waals surface area (Å²) in [5.74, 6) is -1.30. The summed E-state index contributed by atoms with van der Waals surface area (Å²) in [5.41, 5.74) is -0.0515. The predicted octanol–water partition coefficient (Wildman–Crippen LogP) is 2.49. The Bertz CT molecular complexity index is 537. The largest absolute Gasteiger partial charge is 0.477 e. The number of nitro benzene ring substituents is 1. The molecular weight excluding hydrogens is 310 g/mol. The van der Waals surface area contributed by atoms with E-state index in [0.717, 1.165) is 6.54 Å². The van der Waals surface area contributed by atoms with Gasteiger partial charge in [0, 0.05) is 37.9 Å². The normalized spacial score (nSPS) is 10.5. The molecule has 1 aromatic carbocycles. The van der Waals surface area contributed by atoms with Crippen molar-refractivity contribution in [3.05, 3.63) is 33.9 Å². The van der Waals surface area contributed by atoms with Gasteiger partial charge in [0.1, 0.15) is 5.56 Å². The second-order valence-corrected chi connectivity index (χ2v) is 5.26. The van der Waals surface area contributed by atoms with Crippen LogP contribution in [0, 0.1) is 10.1 Å². The maximum atomic E-state index is 11.0. The van der Waals surface area contributed by atoms with Gasteiger partial charge in [0.15, 0.2) is 0 Å². The molecular formula is C14H22ClN3O4. The minimum atomic E-state index is -1.30. The fourth-order valence-corrected chi connectivity index (χ4v) is 1.78. The third-order valence-corrected chi connectivity index (χ3v) is 3.52. The molecule has 0 atom stereocenters. The molecule has 0 spiro atoms. The van der Waals surface area contributed by atoms with Gasteiger partial charge in [-0.2, -0.15) is 0 Å². The molecule has 0 unspecified atom stereocenters. The summed E-state index contributed by atoms with van der Waals surface area (Å²) in [6.07, 6.45) is 0. The van der Waals surface area contributed by atoms with E-state index < -0.39 is 10.9 Å².